The summed E-state index contributed by atoms with van der Waals surface area (Å²) in [6.45, 7) is 1.42. The van der Waals surface area contributed by atoms with Gasteiger partial charge in [-0.1, -0.05) is 18.2 Å². The number of ether oxygens (including phenoxy) is 1. The number of aromatic nitrogens is 1. The second-order valence-electron chi connectivity index (χ2n) is 5.89. The molecule has 2 aromatic rings. The van der Waals surface area contributed by atoms with E-state index < -0.39 is 0 Å². The predicted molar refractivity (Wildman–Crippen MR) is 87.1 cm³/mol. The normalized spacial score (nSPS) is 20.9. The molecule has 0 radical (unpaired) electrons. The van der Waals surface area contributed by atoms with E-state index in [9.17, 15) is 9.59 Å². The van der Waals surface area contributed by atoms with Gasteiger partial charge in [0.05, 0.1) is 18.1 Å². The van der Waals surface area contributed by atoms with Crippen LogP contribution in [0.5, 0.6) is 0 Å². The molecule has 1 saturated heterocycles. The fourth-order valence-corrected chi connectivity index (χ4v) is 3.32. The molecule has 0 aliphatic carbocycles. The van der Waals surface area contributed by atoms with Gasteiger partial charge in [0.25, 0.3) is 5.91 Å². The number of rotatable bonds is 4. The van der Waals surface area contributed by atoms with E-state index in [0.717, 1.165) is 10.9 Å². The van der Waals surface area contributed by atoms with Gasteiger partial charge in [-0.25, -0.2) is 0 Å². The maximum atomic E-state index is 12.9. The number of likely N-dealkylation sites (tertiary alicyclic amines) is 1. The van der Waals surface area contributed by atoms with E-state index >= 15 is 0 Å². The summed E-state index contributed by atoms with van der Waals surface area (Å²) in [6.07, 6.45) is 1.74. The van der Waals surface area contributed by atoms with Crippen LogP contribution in [0.4, 0.5) is 0 Å². The standard InChI is InChI=1S/C17H21N3O3/c1-18-16(21)14-9-20(8-11(14)10-23-2)17(22)13-7-19-15-6-4-3-5-12(13)15/h3-7,11,14,19H,8-10H2,1-2H3,(H,18,21)/t11-,14+/m0/s1. The second kappa shape index (κ2) is 6.42. The summed E-state index contributed by atoms with van der Waals surface area (Å²) < 4.78 is 5.22. The summed E-state index contributed by atoms with van der Waals surface area (Å²) >= 11 is 0. The van der Waals surface area contributed by atoms with Crippen LogP contribution in [0, 0.1) is 11.8 Å². The Labute approximate surface area is 134 Å². The third kappa shape index (κ3) is 2.82. The molecule has 122 valence electrons. The Kier molecular flexibility index (Phi) is 4.34. The Balaban J connectivity index is 1.84. The van der Waals surface area contributed by atoms with Gasteiger partial charge in [0.15, 0.2) is 0 Å². The highest BCUT2D eigenvalue weighted by Crippen LogP contribution is 2.27. The SMILES string of the molecule is CNC(=O)[C@@H]1CN(C(=O)c2c[nH]c3ccccc23)C[C@H]1COC. The molecular formula is C17H21N3O3. The number of para-hydroxylation sites is 1. The molecule has 6 nitrogen and oxygen atoms in total. The van der Waals surface area contributed by atoms with E-state index in [1.54, 1.807) is 25.3 Å². The zero-order valence-electron chi connectivity index (χ0n) is 13.3. The molecule has 1 aromatic heterocycles. The molecule has 1 aliphatic rings. The van der Waals surface area contributed by atoms with E-state index in [2.05, 4.69) is 10.3 Å². The van der Waals surface area contributed by atoms with Crippen molar-refractivity contribution in [1.29, 1.82) is 0 Å². The lowest BCUT2D eigenvalue weighted by atomic mass is 9.96. The number of nitrogens with one attached hydrogen (secondary N) is 2. The number of carbonyl (C=O) groups excluding carboxylic acids is 2. The topological polar surface area (TPSA) is 74.4 Å². The van der Waals surface area contributed by atoms with Crippen LogP contribution < -0.4 is 5.32 Å². The average molecular weight is 315 g/mol. The van der Waals surface area contributed by atoms with Crippen molar-refractivity contribution in [3.05, 3.63) is 36.0 Å². The fourth-order valence-electron chi connectivity index (χ4n) is 3.32. The summed E-state index contributed by atoms with van der Waals surface area (Å²) in [4.78, 5) is 29.8. The molecular weight excluding hydrogens is 294 g/mol. The lowest BCUT2D eigenvalue weighted by molar-refractivity contribution is -0.125. The Morgan fingerprint density at radius 3 is 2.87 bits per heavy atom. The minimum atomic E-state index is -0.228. The van der Waals surface area contributed by atoms with Crippen molar-refractivity contribution < 1.29 is 14.3 Å². The van der Waals surface area contributed by atoms with Crippen LogP contribution in [0.2, 0.25) is 0 Å². The van der Waals surface area contributed by atoms with Crippen LogP contribution in [0.3, 0.4) is 0 Å². The summed E-state index contributed by atoms with van der Waals surface area (Å²) in [7, 11) is 3.24. The summed E-state index contributed by atoms with van der Waals surface area (Å²) in [6, 6.07) is 7.71. The molecule has 3 rings (SSSR count). The van der Waals surface area contributed by atoms with Crippen LogP contribution >= 0.6 is 0 Å². The molecule has 2 amide bonds. The van der Waals surface area contributed by atoms with Gasteiger partial charge in [-0.2, -0.15) is 0 Å². The highest BCUT2D eigenvalue weighted by atomic mass is 16.5. The van der Waals surface area contributed by atoms with Crippen LogP contribution in [-0.4, -0.2) is 55.6 Å². The van der Waals surface area contributed by atoms with Crippen LogP contribution in [-0.2, 0) is 9.53 Å². The molecule has 1 aromatic carbocycles. The molecule has 6 heteroatoms. The molecule has 0 saturated carbocycles. The first-order chi connectivity index (χ1) is 11.2. The van der Waals surface area contributed by atoms with Gasteiger partial charge < -0.3 is 19.9 Å². The third-order valence-corrected chi connectivity index (χ3v) is 4.51. The monoisotopic (exact) mass is 315 g/mol. The smallest absolute Gasteiger partial charge is 0.256 e. The summed E-state index contributed by atoms with van der Waals surface area (Å²) in [5, 5.41) is 3.59. The minimum Gasteiger partial charge on any atom is -0.384 e. The zero-order chi connectivity index (χ0) is 16.4. The number of hydrogen-bond donors (Lipinski definition) is 2. The molecule has 0 unspecified atom stereocenters. The highest BCUT2D eigenvalue weighted by Gasteiger charge is 2.39. The van der Waals surface area contributed by atoms with E-state index in [0.29, 0.717) is 25.3 Å². The first kappa shape index (κ1) is 15.6. The maximum absolute atomic E-state index is 12.9. The lowest BCUT2D eigenvalue weighted by Crippen LogP contribution is -2.34. The van der Waals surface area contributed by atoms with Crippen molar-refractivity contribution in [3.8, 4) is 0 Å². The zero-order valence-corrected chi connectivity index (χ0v) is 13.3. The Bertz CT molecular complexity index is 725. The minimum absolute atomic E-state index is 0.0223. The molecule has 0 spiro atoms. The molecule has 2 atom stereocenters. The second-order valence-corrected chi connectivity index (χ2v) is 5.89. The number of amides is 2. The van der Waals surface area contributed by atoms with E-state index in [4.69, 9.17) is 4.74 Å². The van der Waals surface area contributed by atoms with E-state index in [-0.39, 0.29) is 23.7 Å². The van der Waals surface area contributed by atoms with Gasteiger partial charge in [-0.05, 0) is 6.07 Å². The Morgan fingerprint density at radius 2 is 2.13 bits per heavy atom. The van der Waals surface area contributed by atoms with Crippen molar-refractivity contribution in [2.75, 3.05) is 33.9 Å². The first-order valence-electron chi connectivity index (χ1n) is 7.71. The molecule has 1 fully saturated rings. The van der Waals surface area contributed by atoms with E-state index in [1.807, 2.05) is 24.3 Å². The van der Waals surface area contributed by atoms with Crippen LogP contribution in [0.15, 0.2) is 30.5 Å². The number of nitrogens with zero attached hydrogens (tertiary/aromatic N) is 1. The van der Waals surface area contributed by atoms with Crippen molar-refractivity contribution in [3.63, 3.8) is 0 Å². The maximum Gasteiger partial charge on any atom is 0.256 e. The number of hydrogen-bond acceptors (Lipinski definition) is 3. The summed E-state index contributed by atoms with van der Waals surface area (Å²) in [5.41, 5.74) is 1.58. The van der Waals surface area contributed by atoms with Crippen molar-refractivity contribution in [1.82, 2.24) is 15.2 Å². The number of H-pyrrole nitrogens is 1. The average Bonchev–Trinajstić information content (AvgIpc) is 3.18. The van der Waals surface area contributed by atoms with Crippen molar-refractivity contribution >= 4 is 22.7 Å². The first-order valence-corrected chi connectivity index (χ1v) is 7.71. The number of methoxy groups -OCH3 is 1. The van der Waals surface area contributed by atoms with Gasteiger partial charge in [-0.15, -0.1) is 0 Å². The van der Waals surface area contributed by atoms with Crippen LogP contribution in [0.25, 0.3) is 10.9 Å². The number of fused-ring (bicyclic) bond motifs is 1. The van der Waals surface area contributed by atoms with Crippen LogP contribution in [0.1, 0.15) is 10.4 Å². The number of benzene rings is 1. The Morgan fingerprint density at radius 1 is 1.35 bits per heavy atom. The Hall–Kier alpha value is -2.34. The molecule has 1 aliphatic heterocycles. The quantitative estimate of drug-likeness (QED) is 0.892. The summed E-state index contributed by atoms with van der Waals surface area (Å²) in [5.74, 6) is -0.292. The highest BCUT2D eigenvalue weighted by molar-refractivity contribution is 6.07. The van der Waals surface area contributed by atoms with Gasteiger partial charge in [-0.3, -0.25) is 9.59 Å². The van der Waals surface area contributed by atoms with Gasteiger partial charge in [0.1, 0.15) is 0 Å². The van der Waals surface area contributed by atoms with Gasteiger partial charge >= 0.3 is 0 Å². The molecule has 0 bridgehead atoms. The van der Waals surface area contributed by atoms with Crippen molar-refractivity contribution in [2.24, 2.45) is 11.8 Å². The van der Waals surface area contributed by atoms with Gasteiger partial charge in [0, 0.05) is 50.3 Å². The lowest BCUT2D eigenvalue weighted by Gasteiger charge is -2.15. The number of aromatic amines is 1. The predicted octanol–water partition coefficient (Wildman–Crippen LogP) is 1.25. The molecule has 2 heterocycles. The van der Waals surface area contributed by atoms with Gasteiger partial charge in [0.2, 0.25) is 5.91 Å². The van der Waals surface area contributed by atoms with E-state index in [1.165, 1.54) is 0 Å². The van der Waals surface area contributed by atoms with Crippen molar-refractivity contribution in [2.45, 2.75) is 0 Å². The number of carbonyl (C=O) groups is 2. The third-order valence-electron chi connectivity index (χ3n) is 4.51. The largest absolute Gasteiger partial charge is 0.384 e. The molecule has 2 N–H and O–H groups in total. The fraction of sp³-hybridized carbons (Fsp3) is 0.412. The molecule has 23 heavy (non-hydrogen) atoms.